The number of unbranched alkanes of at least 4 members (excludes halogenated alkanes) is 2. The second-order valence-corrected chi connectivity index (χ2v) is 5.11. The van der Waals surface area contributed by atoms with Gasteiger partial charge in [-0.25, -0.2) is 0 Å². The molecule has 0 bridgehead atoms. The molecule has 2 nitrogen and oxygen atoms in total. The van der Waals surface area contributed by atoms with Crippen molar-refractivity contribution in [2.24, 2.45) is 5.92 Å². The zero-order chi connectivity index (χ0) is 12.9. The molecule has 0 aromatic rings. The second-order valence-electron chi connectivity index (χ2n) is 5.11. The standard InChI is InChI=1S/C15H30N2/c1-5-7-10-15(3)11-8-9-13-17(4)14-16-12-6-2/h2,15-16H,5,7-14H2,1,3-4H3/t15-/m1/s1. The third-order valence-corrected chi connectivity index (χ3v) is 3.15. The Labute approximate surface area is 108 Å². The molecule has 0 aliphatic rings. The quantitative estimate of drug-likeness (QED) is 0.338. The highest BCUT2D eigenvalue weighted by atomic mass is 15.2. The molecule has 0 amide bonds. The van der Waals surface area contributed by atoms with Gasteiger partial charge < -0.3 is 0 Å². The largest absolute Gasteiger partial charge is 0.294 e. The lowest BCUT2D eigenvalue weighted by Gasteiger charge is -2.17. The van der Waals surface area contributed by atoms with Crippen molar-refractivity contribution in [3.63, 3.8) is 0 Å². The average molecular weight is 238 g/mol. The fourth-order valence-corrected chi connectivity index (χ4v) is 1.97. The lowest BCUT2D eigenvalue weighted by molar-refractivity contribution is 0.300. The molecule has 0 saturated heterocycles. The van der Waals surface area contributed by atoms with Gasteiger partial charge >= 0.3 is 0 Å². The predicted octanol–water partition coefficient (Wildman–Crippen LogP) is 3.10. The van der Waals surface area contributed by atoms with E-state index in [2.05, 4.69) is 37.0 Å². The van der Waals surface area contributed by atoms with Crippen LogP contribution in [-0.2, 0) is 0 Å². The van der Waals surface area contributed by atoms with Gasteiger partial charge in [-0.05, 0) is 25.9 Å². The molecule has 0 radical (unpaired) electrons. The monoisotopic (exact) mass is 238 g/mol. The molecule has 0 aromatic heterocycles. The molecule has 1 atom stereocenters. The van der Waals surface area contributed by atoms with E-state index in [1.165, 1.54) is 38.5 Å². The first kappa shape index (κ1) is 16.5. The summed E-state index contributed by atoms with van der Waals surface area (Å²) in [5, 5.41) is 3.20. The minimum atomic E-state index is 0.665. The summed E-state index contributed by atoms with van der Waals surface area (Å²) in [6.45, 7) is 7.38. The Morgan fingerprint density at radius 2 is 1.94 bits per heavy atom. The molecule has 100 valence electrons. The van der Waals surface area contributed by atoms with Gasteiger partial charge in [0.05, 0.1) is 6.54 Å². The Kier molecular flexibility index (Phi) is 11.6. The van der Waals surface area contributed by atoms with Crippen molar-refractivity contribution in [3.8, 4) is 12.3 Å². The van der Waals surface area contributed by atoms with E-state index in [1.807, 2.05) is 0 Å². The van der Waals surface area contributed by atoms with Gasteiger partial charge in [0, 0.05) is 6.67 Å². The van der Waals surface area contributed by atoms with Crippen LogP contribution in [0, 0.1) is 18.3 Å². The minimum Gasteiger partial charge on any atom is -0.294 e. The Morgan fingerprint density at radius 3 is 2.59 bits per heavy atom. The van der Waals surface area contributed by atoms with Gasteiger partial charge in [-0.15, -0.1) is 6.42 Å². The van der Waals surface area contributed by atoms with Gasteiger partial charge in [0.2, 0.25) is 0 Å². The summed E-state index contributed by atoms with van der Waals surface area (Å²) in [4.78, 5) is 2.30. The molecule has 0 aliphatic carbocycles. The van der Waals surface area contributed by atoms with Crippen LogP contribution in [0.4, 0.5) is 0 Å². The second kappa shape index (κ2) is 12.0. The van der Waals surface area contributed by atoms with Crippen molar-refractivity contribution in [3.05, 3.63) is 0 Å². The van der Waals surface area contributed by atoms with Crippen LogP contribution in [0.5, 0.6) is 0 Å². The van der Waals surface area contributed by atoms with Crippen LogP contribution in [0.3, 0.4) is 0 Å². The number of hydrogen-bond acceptors (Lipinski definition) is 2. The summed E-state index contributed by atoms with van der Waals surface area (Å²) in [6, 6.07) is 0. The van der Waals surface area contributed by atoms with E-state index in [0.29, 0.717) is 6.54 Å². The summed E-state index contributed by atoms with van der Waals surface area (Å²) < 4.78 is 0. The zero-order valence-corrected chi connectivity index (χ0v) is 12.0. The highest BCUT2D eigenvalue weighted by Gasteiger charge is 2.02. The van der Waals surface area contributed by atoms with Crippen LogP contribution in [0.1, 0.15) is 52.4 Å². The molecular formula is C15H30N2. The van der Waals surface area contributed by atoms with Crippen LogP contribution in [0.2, 0.25) is 0 Å². The van der Waals surface area contributed by atoms with E-state index in [0.717, 1.165) is 19.1 Å². The van der Waals surface area contributed by atoms with E-state index in [9.17, 15) is 0 Å². The van der Waals surface area contributed by atoms with E-state index in [1.54, 1.807) is 0 Å². The normalized spacial score (nSPS) is 12.6. The Morgan fingerprint density at radius 1 is 1.24 bits per heavy atom. The van der Waals surface area contributed by atoms with E-state index < -0.39 is 0 Å². The smallest absolute Gasteiger partial charge is 0.0583 e. The Bertz CT molecular complexity index is 196. The van der Waals surface area contributed by atoms with Gasteiger partial charge in [-0.1, -0.05) is 51.9 Å². The van der Waals surface area contributed by atoms with Gasteiger partial charge in [-0.3, -0.25) is 10.2 Å². The molecule has 0 fully saturated rings. The molecule has 17 heavy (non-hydrogen) atoms. The number of rotatable bonds is 11. The van der Waals surface area contributed by atoms with Gasteiger partial charge in [0.1, 0.15) is 0 Å². The molecule has 2 heteroatoms. The summed E-state index contributed by atoms with van der Waals surface area (Å²) in [5.41, 5.74) is 0. The summed E-state index contributed by atoms with van der Waals surface area (Å²) in [6.07, 6.45) is 13.3. The topological polar surface area (TPSA) is 15.3 Å². The fourth-order valence-electron chi connectivity index (χ4n) is 1.97. The van der Waals surface area contributed by atoms with Crippen molar-refractivity contribution in [1.29, 1.82) is 0 Å². The number of nitrogens with zero attached hydrogens (tertiary/aromatic N) is 1. The molecule has 0 aliphatic heterocycles. The maximum Gasteiger partial charge on any atom is 0.0583 e. The van der Waals surface area contributed by atoms with E-state index >= 15 is 0 Å². The molecule has 1 N–H and O–H groups in total. The first-order chi connectivity index (χ1) is 8.20. The molecule has 0 aromatic carbocycles. The van der Waals surface area contributed by atoms with Crippen LogP contribution in [-0.4, -0.2) is 31.7 Å². The third-order valence-electron chi connectivity index (χ3n) is 3.15. The number of nitrogens with one attached hydrogen (secondary N) is 1. The summed E-state index contributed by atoms with van der Waals surface area (Å²) >= 11 is 0. The summed E-state index contributed by atoms with van der Waals surface area (Å²) in [5.74, 6) is 3.49. The van der Waals surface area contributed by atoms with E-state index in [4.69, 9.17) is 6.42 Å². The third kappa shape index (κ3) is 11.7. The predicted molar refractivity (Wildman–Crippen MR) is 76.9 cm³/mol. The highest BCUT2D eigenvalue weighted by molar-refractivity contribution is 4.86. The molecule has 0 unspecified atom stereocenters. The molecule has 0 heterocycles. The fraction of sp³-hybridized carbons (Fsp3) is 0.867. The van der Waals surface area contributed by atoms with Crippen LogP contribution >= 0.6 is 0 Å². The number of hydrogen-bond donors (Lipinski definition) is 1. The van der Waals surface area contributed by atoms with Crippen molar-refractivity contribution in [2.75, 3.05) is 26.8 Å². The van der Waals surface area contributed by atoms with Crippen molar-refractivity contribution >= 4 is 0 Å². The van der Waals surface area contributed by atoms with Gasteiger partial charge in [0.15, 0.2) is 0 Å². The number of terminal acetylenes is 1. The van der Waals surface area contributed by atoms with Gasteiger partial charge in [0.25, 0.3) is 0 Å². The van der Waals surface area contributed by atoms with Crippen LogP contribution in [0.15, 0.2) is 0 Å². The highest BCUT2D eigenvalue weighted by Crippen LogP contribution is 2.14. The lowest BCUT2D eigenvalue weighted by Crippen LogP contribution is -2.32. The lowest BCUT2D eigenvalue weighted by atomic mass is 9.98. The average Bonchev–Trinajstić information content (AvgIpc) is 2.32. The Hall–Kier alpha value is -0.520. The van der Waals surface area contributed by atoms with Crippen molar-refractivity contribution < 1.29 is 0 Å². The van der Waals surface area contributed by atoms with Crippen molar-refractivity contribution in [1.82, 2.24) is 10.2 Å². The molecular weight excluding hydrogens is 208 g/mol. The molecule has 0 rings (SSSR count). The van der Waals surface area contributed by atoms with E-state index in [-0.39, 0.29) is 0 Å². The Balaban J connectivity index is 3.29. The minimum absolute atomic E-state index is 0.665. The molecule has 0 saturated carbocycles. The van der Waals surface area contributed by atoms with Crippen LogP contribution < -0.4 is 5.32 Å². The van der Waals surface area contributed by atoms with Crippen molar-refractivity contribution in [2.45, 2.75) is 52.4 Å². The molecule has 0 spiro atoms. The maximum absolute atomic E-state index is 5.18. The SMILES string of the molecule is C#CCNCN(C)CCCC[C@H](C)CCCC. The van der Waals surface area contributed by atoms with Gasteiger partial charge in [-0.2, -0.15) is 0 Å². The first-order valence-corrected chi connectivity index (χ1v) is 7.03. The maximum atomic E-state index is 5.18. The first-order valence-electron chi connectivity index (χ1n) is 7.03. The zero-order valence-electron chi connectivity index (χ0n) is 12.0. The summed E-state index contributed by atoms with van der Waals surface area (Å²) in [7, 11) is 2.14. The van der Waals surface area contributed by atoms with Crippen LogP contribution in [0.25, 0.3) is 0 Å².